The lowest BCUT2D eigenvalue weighted by molar-refractivity contribution is -0.119. The summed E-state index contributed by atoms with van der Waals surface area (Å²) in [7, 11) is 0. The fourth-order valence-corrected chi connectivity index (χ4v) is 2.86. The number of nitrogens with one attached hydrogen (secondary N) is 3. The number of rotatable bonds is 5. The standard InChI is InChI=1S/C20H23FN6O/c1-4-18(28)26-19(27-20-24-12(2)9-13(3)25-20)22-8-7-14-11-23-17-6-5-15(21)10-16(14)17/h5-6,9-11,23H,4,7-8H2,1-3H3,(H2,22,24,25,26,27,28). The summed E-state index contributed by atoms with van der Waals surface area (Å²) < 4.78 is 13.5. The number of amides is 1. The molecule has 3 N–H and O–H groups in total. The highest BCUT2D eigenvalue weighted by atomic mass is 19.1. The summed E-state index contributed by atoms with van der Waals surface area (Å²) >= 11 is 0. The van der Waals surface area contributed by atoms with Crippen molar-refractivity contribution in [2.45, 2.75) is 33.6 Å². The number of aromatic nitrogens is 3. The third kappa shape index (κ3) is 4.91. The van der Waals surface area contributed by atoms with Gasteiger partial charge in [0.15, 0.2) is 0 Å². The number of hydrogen-bond donors (Lipinski definition) is 3. The molecule has 1 amide bonds. The maximum Gasteiger partial charge on any atom is 0.229 e. The van der Waals surface area contributed by atoms with Gasteiger partial charge in [0.25, 0.3) is 0 Å². The summed E-state index contributed by atoms with van der Waals surface area (Å²) in [5.41, 5.74) is 3.47. The number of anilines is 1. The van der Waals surface area contributed by atoms with Gasteiger partial charge in [0, 0.05) is 41.5 Å². The molecule has 2 heterocycles. The monoisotopic (exact) mass is 382 g/mol. The topological polar surface area (TPSA) is 95.1 Å². The highest BCUT2D eigenvalue weighted by molar-refractivity contribution is 6.03. The second kappa shape index (κ2) is 8.60. The number of aryl methyl sites for hydroxylation is 2. The van der Waals surface area contributed by atoms with E-state index in [1.54, 1.807) is 13.0 Å². The molecule has 7 nitrogen and oxygen atoms in total. The Hall–Kier alpha value is -3.29. The summed E-state index contributed by atoms with van der Waals surface area (Å²) in [5.74, 6) is 0.232. The molecule has 8 heteroatoms. The maximum absolute atomic E-state index is 13.5. The Labute approximate surface area is 162 Å². The van der Waals surface area contributed by atoms with Crippen molar-refractivity contribution in [3.63, 3.8) is 0 Å². The number of aliphatic imine (C=N–C) groups is 1. The molecule has 0 atom stereocenters. The molecule has 0 unspecified atom stereocenters. The Morgan fingerprint density at radius 2 is 1.96 bits per heavy atom. The molecule has 0 fully saturated rings. The number of carbonyl (C=O) groups excluding carboxylic acids is 1. The normalized spacial score (nSPS) is 11.6. The van der Waals surface area contributed by atoms with Crippen molar-refractivity contribution >= 4 is 28.7 Å². The first-order valence-corrected chi connectivity index (χ1v) is 9.13. The van der Waals surface area contributed by atoms with Crippen LogP contribution in [0.25, 0.3) is 10.9 Å². The van der Waals surface area contributed by atoms with Gasteiger partial charge in [-0.25, -0.2) is 14.4 Å². The Bertz CT molecular complexity index is 1010. The molecule has 0 aliphatic rings. The third-order valence-electron chi connectivity index (χ3n) is 4.17. The van der Waals surface area contributed by atoms with Gasteiger partial charge in [-0.3, -0.25) is 20.4 Å². The first-order valence-electron chi connectivity index (χ1n) is 9.13. The van der Waals surface area contributed by atoms with Gasteiger partial charge in [0.05, 0.1) is 0 Å². The molecule has 0 saturated carbocycles. The van der Waals surface area contributed by atoms with Crippen molar-refractivity contribution in [2.75, 3.05) is 11.9 Å². The van der Waals surface area contributed by atoms with E-state index in [0.29, 0.717) is 31.3 Å². The second-order valence-corrected chi connectivity index (χ2v) is 6.49. The number of halogens is 1. The van der Waals surface area contributed by atoms with Crippen molar-refractivity contribution in [2.24, 2.45) is 4.99 Å². The van der Waals surface area contributed by atoms with Crippen molar-refractivity contribution in [1.82, 2.24) is 20.3 Å². The van der Waals surface area contributed by atoms with E-state index in [4.69, 9.17) is 0 Å². The maximum atomic E-state index is 13.5. The minimum absolute atomic E-state index is 0.162. The minimum Gasteiger partial charge on any atom is -0.361 e. The van der Waals surface area contributed by atoms with Crippen LogP contribution < -0.4 is 10.6 Å². The fraction of sp³-hybridized carbons (Fsp3) is 0.300. The molecule has 146 valence electrons. The summed E-state index contributed by atoms with van der Waals surface area (Å²) in [5, 5.41) is 6.55. The van der Waals surface area contributed by atoms with Gasteiger partial charge in [0.2, 0.25) is 17.8 Å². The van der Waals surface area contributed by atoms with Crippen LogP contribution in [-0.4, -0.2) is 33.4 Å². The smallest absolute Gasteiger partial charge is 0.229 e. The van der Waals surface area contributed by atoms with E-state index < -0.39 is 0 Å². The zero-order valence-corrected chi connectivity index (χ0v) is 16.1. The molecule has 0 aliphatic heterocycles. The lowest BCUT2D eigenvalue weighted by atomic mass is 10.1. The number of fused-ring (bicyclic) bond motifs is 1. The Morgan fingerprint density at radius 3 is 2.68 bits per heavy atom. The molecule has 3 aromatic rings. The molecule has 3 rings (SSSR count). The number of nitrogens with zero attached hydrogens (tertiary/aromatic N) is 3. The largest absolute Gasteiger partial charge is 0.361 e. The van der Waals surface area contributed by atoms with Crippen LogP contribution in [0.15, 0.2) is 35.5 Å². The summed E-state index contributed by atoms with van der Waals surface area (Å²) in [4.78, 5) is 28.0. The van der Waals surface area contributed by atoms with Gasteiger partial charge in [-0.1, -0.05) is 6.92 Å². The van der Waals surface area contributed by atoms with Crippen molar-refractivity contribution < 1.29 is 9.18 Å². The van der Waals surface area contributed by atoms with E-state index >= 15 is 0 Å². The molecule has 28 heavy (non-hydrogen) atoms. The molecule has 0 saturated heterocycles. The van der Waals surface area contributed by atoms with Crippen LogP contribution in [-0.2, 0) is 11.2 Å². The van der Waals surface area contributed by atoms with Gasteiger partial charge in [-0.05, 0) is 50.1 Å². The SMILES string of the molecule is CCC(=O)NC(=NCCc1c[nH]c2ccc(F)cc12)Nc1nc(C)cc(C)n1. The highest BCUT2D eigenvalue weighted by Gasteiger charge is 2.09. The summed E-state index contributed by atoms with van der Waals surface area (Å²) in [6, 6.07) is 6.51. The molecule has 0 radical (unpaired) electrons. The van der Waals surface area contributed by atoms with Crippen LogP contribution in [0.3, 0.4) is 0 Å². The number of benzene rings is 1. The number of hydrogen-bond acceptors (Lipinski definition) is 4. The third-order valence-corrected chi connectivity index (χ3v) is 4.17. The van der Waals surface area contributed by atoms with Crippen LogP contribution in [0.4, 0.5) is 10.3 Å². The van der Waals surface area contributed by atoms with Crippen LogP contribution >= 0.6 is 0 Å². The predicted molar refractivity (Wildman–Crippen MR) is 108 cm³/mol. The molecule has 0 bridgehead atoms. The number of carbonyl (C=O) groups is 1. The van der Waals surface area contributed by atoms with E-state index in [0.717, 1.165) is 27.9 Å². The van der Waals surface area contributed by atoms with E-state index in [2.05, 4.69) is 30.6 Å². The van der Waals surface area contributed by atoms with E-state index in [9.17, 15) is 9.18 Å². The Morgan fingerprint density at radius 1 is 1.21 bits per heavy atom. The lowest BCUT2D eigenvalue weighted by Crippen LogP contribution is -2.36. The summed E-state index contributed by atoms with van der Waals surface area (Å²) in [6.07, 6.45) is 2.77. The Balaban J connectivity index is 1.76. The molecular weight excluding hydrogens is 359 g/mol. The van der Waals surface area contributed by atoms with E-state index in [1.165, 1.54) is 12.1 Å². The van der Waals surface area contributed by atoms with Crippen LogP contribution in [0.1, 0.15) is 30.3 Å². The summed E-state index contributed by atoms with van der Waals surface area (Å²) in [6.45, 7) is 5.91. The number of guanidine groups is 1. The average Bonchev–Trinajstić information content (AvgIpc) is 3.03. The first-order chi connectivity index (χ1) is 13.4. The van der Waals surface area contributed by atoms with Crippen LogP contribution in [0.2, 0.25) is 0 Å². The molecule has 2 aromatic heterocycles. The zero-order valence-electron chi connectivity index (χ0n) is 16.1. The minimum atomic E-state index is -0.276. The molecule has 1 aromatic carbocycles. The zero-order chi connectivity index (χ0) is 20.1. The number of aromatic amines is 1. The lowest BCUT2D eigenvalue weighted by Gasteiger charge is -2.11. The average molecular weight is 382 g/mol. The predicted octanol–water partition coefficient (Wildman–Crippen LogP) is 3.25. The quantitative estimate of drug-likeness (QED) is 0.466. The van der Waals surface area contributed by atoms with Crippen LogP contribution in [0, 0.1) is 19.7 Å². The van der Waals surface area contributed by atoms with Crippen molar-refractivity contribution in [3.05, 3.63) is 53.2 Å². The van der Waals surface area contributed by atoms with Crippen molar-refractivity contribution in [3.8, 4) is 0 Å². The molecule has 0 aliphatic carbocycles. The second-order valence-electron chi connectivity index (χ2n) is 6.49. The molecule has 0 spiro atoms. The van der Waals surface area contributed by atoms with Crippen molar-refractivity contribution in [1.29, 1.82) is 0 Å². The van der Waals surface area contributed by atoms with Gasteiger partial charge in [0.1, 0.15) is 5.82 Å². The van der Waals surface area contributed by atoms with Gasteiger partial charge >= 0.3 is 0 Å². The fourth-order valence-electron chi connectivity index (χ4n) is 2.86. The first kappa shape index (κ1) is 19.5. The Kier molecular flexibility index (Phi) is 5.98. The number of H-pyrrole nitrogens is 1. The molecular formula is C20H23FN6O. The van der Waals surface area contributed by atoms with E-state index in [-0.39, 0.29) is 11.7 Å². The van der Waals surface area contributed by atoms with Crippen LogP contribution in [0.5, 0.6) is 0 Å². The highest BCUT2D eigenvalue weighted by Crippen LogP contribution is 2.19. The van der Waals surface area contributed by atoms with Gasteiger partial charge in [-0.2, -0.15) is 0 Å². The van der Waals surface area contributed by atoms with E-state index in [1.807, 2.05) is 26.1 Å². The van der Waals surface area contributed by atoms with Gasteiger partial charge in [-0.15, -0.1) is 0 Å². The van der Waals surface area contributed by atoms with Gasteiger partial charge < -0.3 is 4.98 Å².